The first-order valence-corrected chi connectivity index (χ1v) is 6.11. The summed E-state index contributed by atoms with van der Waals surface area (Å²) in [6.45, 7) is 0. The van der Waals surface area contributed by atoms with Crippen LogP contribution in [0.4, 0.5) is 8.78 Å². The van der Waals surface area contributed by atoms with E-state index in [1.54, 1.807) is 12.1 Å². The molecule has 0 bridgehead atoms. The van der Waals surface area contributed by atoms with E-state index in [1.165, 1.54) is 6.07 Å². The fourth-order valence-electron chi connectivity index (χ4n) is 2.63. The highest BCUT2D eigenvalue weighted by Crippen LogP contribution is 2.43. The van der Waals surface area contributed by atoms with Crippen LogP contribution in [0.5, 0.6) is 11.5 Å². The molecule has 3 rings (SSSR count). The van der Waals surface area contributed by atoms with Crippen LogP contribution in [0.1, 0.15) is 37.2 Å². The van der Waals surface area contributed by atoms with E-state index >= 15 is 0 Å². The van der Waals surface area contributed by atoms with Gasteiger partial charge in [-0.3, -0.25) is 0 Å². The molecule has 0 spiro atoms. The van der Waals surface area contributed by atoms with Gasteiger partial charge < -0.3 is 14.6 Å². The average molecular weight is 256 g/mol. The summed E-state index contributed by atoms with van der Waals surface area (Å²) in [5.74, 6) is 0.486. The van der Waals surface area contributed by atoms with Crippen LogP contribution in [0.15, 0.2) is 18.2 Å². The van der Waals surface area contributed by atoms with Gasteiger partial charge in [0.05, 0.1) is 6.10 Å². The summed E-state index contributed by atoms with van der Waals surface area (Å²) in [7, 11) is 0. The van der Waals surface area contributed by atoms with Crippen LogP contribution in [0.3, 0.4) is 0 Å². The second-order valence-corrected chi connectivity index (χ2v) is 4.88. The number of fused-ring (bicyclic) bond motifs is 1. The van der Waals surface area contributed by atoms with Crippen LogP contribution in [0.25, 0.3) is 0 Å². The molecule has 1 heterocycles. The van der Waals surface area contributed by atoms with Crippen molar-refractivity contribution in [3.05, 3.63) is 23.8 Å². The first-order valence-electron chi connectivity index (χ1n) is 6.11. The first kappa shape index (κ1) is 11.7. The Bertz CT molecular complexity index is 454. The van der Waals surface area contributed by atoms with Crippen molar-refractivity contribution in [3.8, 4) is 11.5 Å². The summed E-state index contributed by atoms with van der Waals surface area (Å²) >= 11 is 0. The number of benzene rings is 1. The molecule has 1 saturated carbocycles. The van der Waals surface area contributed by atoms with Crippen molar-refractivity contribution >= 4 is 0 Å². The van der Waals surface area contributed by atoms with Crippen molar-refractivity contribution in [3.63, 3.8) is 0 Å². The molecule has 0 unspecified atom stereocenters. The third kappa shape index (κ3) is 2.14. The van der Waals surface area contributed by atoms with Crippen LogP contribution >= 0.6 is 0 Å². The van der Waals surface area contributed by atoms with Crippen molar-refractivity contribution < 1.29 is 23.4 Å². The number of alkyl halides is 2. The largest absolute Gasteiger partial charge is 0.586 e. The molecular weight excluding hydrogens is 242 g/mol. The fraction of sp³-hybridized carbons (Fsp3) is 0.538. The van der Waals surface area contributed by atoms with Gasteiger partial charge in [0.15, 0.2) is 11.5 Å². The van der Waals surface area contributed by atoms with Crippen molar-refractivity contribution in [2.75, 3.05) is 0 Å². The maximum absolute atomic E-state index is 12.9. The lowest BCUT2D eigenvalue weighted by Gasteiger charge is -2.25. The van der Waals surface area contributed by atoms with E-state index in [1.807, 2.05) is 0 Å². The molecule has 5 heteroatoms. The molecule has 2 aliphatic rings. The van der Waals surface area contributed by atoms with E-state index in [2.05, 4.69) is 9.47 Å². The zero-order valence-corrected chi connectivity index (χ0v) is 9.73. The number of hydrogen-bond donors (Lipinski definition) is 1. The maximum atomic E-state index is 12.9. The number of aliphatic hydroxyl groups excluding tert-OH is 1. The Balaban J connectivity index is 1.80. The summed E-state index contributed by atoms with van der Waals surface area (Å²) in [5, 5.41) is 9.45. The van der Waals surface area contributed by atoms with Gasteiger partial charge in [0, 0.05) is 0 Å². The van der Waals surface area contributed by atoms with E-state index in [4.69, 9.17) is 0 Å². The highest BCUT2D eigenvalue weighted by molar-refractivity contribution is 5.46. The standard InChI is InChI=1S/C13H14F2O3/c14-13(15)17-11-6-3-9(7-12(11)18-13)8-1-4-10(16)5-2-8/h3,6-8,10,16H,1-2,4-5H2. The van der Waals surface area contributed by atoms with Gasteiger partial charge in [0.1, 0.15) is 0 Å². The summed E-state index contributed by atoms with van der Waals surface area (Å²) < 4.78 is 34.6. The zero-order valence-electron chi connectivity index (χ0n) is 9.73. The Hall–Kier alpha value is -1.36. The van der Waals surface area contributed by atoms with E-state index in [0.717, 1.165) is 31.2 Å². The number of hydrogen-bond acceptors (Lipinski definition) is 3. The molecule has 0 saturated heterocycles. The van der Waals surface area contributed by atoms with Crippen LogP contribution in [-0.2, 0) is 0 Å². The van der Waals surface area contributed by atoms with Crippen molar-refractivity contribution in [1.82, 2.24) is 0 Å². The smallest absolute Gasteiger partial charge is 0.395 e. The molecule has 0 atom stereocenters. The van der Waals surface area contributed by atoms with Gasteiger partial charge >= 0.3 is 6.29 Å². The Morgan fingerprint density at radius 3 is 2.44 bits per heavy atom. The van der Waals surface area contributed by atoms with Crippen molar-refractivity contribution in [1.29, 1.82) is 0 Å². The van der Waals surface area contributed by atoms with Crippen molar-refractivity contribution in [2.45, 2.75) is 44.0 Å². The summed E-state index contributed by atoms with van der Waals surface area (Å²) in [5.41, 5.74) is 0.974. The highest BCUT2D eigenvalue weighted by Gasteiger charge is 2.43. The summed E-state index contributed by atoms with van der Waals surface area (Å²) in [4.78, 5) is 0. The summed E-state index contributed by atoms with van der Waals surface area (Å²) in [6.07, 6.45) is -0.512. The molecule has 1 aromatic rings. The molecule has 1 aromatic carbocycles. The third-order valence-corrected chi connectivity index (χ3v) is 3.59. The lowest BCUT2D eigenvalue weighted by molar-refractivity contribution is -0.286. The minimum Gasteiger partial charge on any atom is -0.395 e. The maximum Gasteiger partial charge on any atom is 0.586 e. The Labute approximate surface area is 103 Å². The molecule has 3 nitrogen and oxygen atoms in total. The van der Waals surface area contributed by atoms with Gasteiger partial charge in [-0.15, -0.1) is 8.78 Å². The predicted octanol–water partition coefficient (Wildman–Crippen LogP) is 3.03. The van der Waals surface area contributed by atoms with Gasteiger partial charge in [-0.25, -0.2) is 0 Å². The lowest BCUT2D eigenvalue weighted by Crippen LogP contribution is -2.25. The SMILES string of the molecule is OC1CCC(c2ccc3c(c2)OC(F)(F)O3)CC1. The highest BCUT2D eigenvalue weighted by atomic mass is 19.3. The van der Waals surface area contributed by atoms with Crippen molar-refractivity contribution in [2.24, 2.45) is 0 Å². The van der Waals surface area contributed by atoms with Gasteiger partial charge in [-0.2, -0.15) is 0 Å². The lowest BCUT2D eigenvalue weighted by atomic mass is 9.83. The van der Waals surface area contributed by atoms with Crippen LogP contribution in [0, 0.1) is 0 Å². The molecule has 1 fully saturated rings. The molecule has 18 heavy (non-hydrogen) atoms. The Morgan fingerprint density at radius 2 is 1.72 bits per heavy atom. The van der Waals surface area contributed by atoms with E-state index in [-0.39, 0.29) is 17.6 Å². The van der Waals surface area contributed by atoms with Crippen LogP contribution in [0.2, 0.25) is 0 Å². The normalized spacial score (nSPS) is 29.3. The van der Waals surface area contributed by atoms with E-state index < -0.39 is 6.29 Å². The zero-order chi connectivity index (χ0) is 12.8. The number of rotatable bonds is 1. The van der Waals surface area contributed by atoms with Crippen LogP contribution < -0.4 is 9.47 Å². The molecule has 1 aliphatic carbocycles. The molecular formula is C13H14F2O3. The molecule has 1 aliphatic heterocycles. The Kier molecular flexibility index (Phi) is 2.66. The second-order valence-electron chi connectivity index (χ2n) is 4.88. The van der Waals surface area contributed by atoms with Crippen LogP contribution in [-0.4, -0.2) is 17.5 Å². The third-order valence-electron chi connectivity index (χ3n) is 3.59. The first-order chi connectivity index (χ1) is 8.53. The predicted molar refractivity (Wildman–Crippen MR) is 59.9 cm³/mol. The monoisotopic (exact) mass is 256 g/mol. The quantitative estimate of drug-likeness (QED) is 0.839. The number of aliphatic hydroxyl groups is 1. The number of ether oxygens (including phenoxy) is 2. The molecule has 98 valence electrons. The minimum atomic E-state index is -3.55. The molecule has 0 radical (unpaired) electrons. The second kappa shape index (κ2) is 4.09. The van der Waals surface area contributed by atoms with Gasteiger partial charge in [-0.1, -0.05) is 6.07 Å². The molecule has 0 aromatic heterocycles. The van der Waals surface area contributed by atoms with E-state index in [0.29, 0.717) is 5.92 Å². The van der Waals surface area contributed by atoms with Gasteiger partial charge in [0.2, 0.25) is 0 Å². The summed E-state index contributed by atoms with van der Waals surface area (Å²) in [6, 6.07) is 4.95. The topological polar surface area (TPSA) is 38.7 Å². The molecule has 0 amide bonds. The van der Waals surface area contributed by atoms with Gasteiger partial charge in [-0.05, 0) is 49.3 Å². The fourth-order valence-corrected chi connectivity index (χ4v) is 2.63. The van der Waals surface area contributed by atoms with Gasteiger partial charge in [0.25, 0.3) is 0 Å². The van der Waals surface area contributed by atoms with E-state index in [9.17, 15) is 13.9 Å². The Morgan fingerprint density at radius 1 is 1.06 bits per heavy atom. The minimum absolute atomic E-state index is 0.0830. The molecule has 1 N–H and O–H groups in total. The average Bonchev–Trinajstić information content (AvgIpc) is 2.62. The number of halogens is 2.